The van der Waals surface area contributed by atoms with E-state index in [-0.39, 0.29) is 12.1 Å². The molecule has 0 aromatic rings. The van der Waals surface area contributed by atoms with E-state index in [2.05, 4.69) is 38.0 Å². The number of nitrogens with one attached hydrogen (secondary N) is 1. The molecule has 0 bridgehead atoms. The first-order valence-electron chi connectivity index (χ1n) is 9.10. The molecule has 0 radical (unpaired) electrons. The number of hydrogen-bond donors (Lipinski definition) is 2. The average Bonchev–Trinajstić information content (AvgIpc) is 2.53. The molecule has 3 nitrogen and oxygen atoms in total. The van der Waals surface area contributed by atoms with Crippen LogP contribution in [0.25, 0.3) is 0 Å². The molecule has 1 unspecified atom stereocenters. The Hall–Kier alpha value is -0.120. The molecular weight excluding hydrogens is 260 g/mol. The zero-order valence-corrected chi connectivity index (χ0v) is 14.8. The second-order valence-corrected chi connectivity index (χ2v) is 7.31. The molecule has 1 fully saturated rings. The van der Waals surface area contributed by atoms with Crippen molar-refractivity contribution in [2.45, 2.75) is 83.7 Å². The van der Waals surface area contributed by atoms with Crippen LogP contribution in [0.3, 0.4) is 0 Å². The van der Waals surface area contributed by atoms with Gasteiger partial charge in [-0.15, -0.1) is 0 Å². The first kappa shape index (κ1) is 18.9. The minimum absolute atomic E-state index is 0.100. The molecule has 2 N–H and O–H groups in total. The van der Waals surface area contributed by atoms with Gasteiger partial charge in [-0.05, 0) is 77.9 Å². The summed E-state index contributed by atoms with van der Waals surface area (Å²) in [5, 5.41) is 13.1. The number of rotatable bonds is 10. The normalized spacial score (nSPS) is 26.0. The fourth-order valence-corrected chi connectivity index (χ4v) is 3.55. The molecule has 0 aromatic carbocycles. The SMILES string of the molecule is CCCNC(C)(CO)CCCN(C)C1CCC(CC)CC1. The van der Waals surface area contributed by atoms with Gasteiger partial charge in [-0.1, -0.05) is 20.3 Å². The summed E-state index contributed by atoms with van der Waals surface area (Å²) in [5.41, 5.74) is -0.100. The van der Waals surface area contributed by atoms with Crippen LogP contribution in [0.2, 0.25) is 0 Å². The quantitative estimate of drug-likeness (QED) is 0.649. The highest BCUT2D eigenvalue weighted by Crippen LogP contribution is 2.29. The van der Waals surface area contributed by atoms with Crippen LogP contribution < -0.4 is 5.32 Å². The van der Waals surface area contributed by atoms with Gasteiger partial charge in [0.25, 0.3) is 0 Å². The third-order valence-corrected chi connectivity index (χ3v) is 5.41. The molecule has 0 spiro atoms. The summed E-state index contributed by atoms with van der Waals surface area (Å²) in [4.78, 5) is 2.56. The minimum atomic E-state index is -0.100. The molecule has 3 heteroatoms. The van der Waals surface area contributed by atoms with Crippen molar-refractivity contribution in [3.63, 3.8) is 0 Å². The monoisotopic (exact) mass is 298 g/mol. The van der Waals surface area contributed by atoms with E-state index < -0.39 is 0 Å². The molecule has 1 aliphatic carbocycles. The lowest BCUT2D eigenvalue weighted by Crippen LogP contribution is -2.46. The Kier molecular flexibility index (Phi) is 8.84. The Bertz CT molecular complexity index is 264. The van der Waals surface area contributed by atoms with Crippen molar-refractivity contribution in [3.8, 4) is 0 Å². The Morgan fingerprint density at radius 3 is 2.38 bits per heavy atom. The Labute approximate surface area is 132 Å². The van der Waals surface area contributed by atoms with Crippen molar-refractivity contribution in [1.29, 1.82) is 0 Å². The maximum atomic E-state index is 9.61. The van der Waals surface area contributed by atoms with Crippen LogP contribution in [-0.2, 0) is 0 Å². The summed E-state index contributed by atoms with van der Waals surface area (Å²) in [5.74, 6) is 0.977. The first-order chi connectivity index (χ1) is 10.0. The Morgan fingerprint density at radius 2 is 1.86 bits per heavy atom. The number of aliphatic hydroxyl groups is 1. The van der Waals surface area contributed by atoms with Crippen molar-refractivity contribution in [3.05, 3.63) is 0 Å². The van der Waals surface area contributed by atoms with Gasteiger partial charge in [-0.3, -0.25) is 0 Å². The van der Waals surface area contributed by atoms with Crippen LogP contribution in [0.5, 0.6) is 0 Å². The molecule has 0 amide bonds. The summed E-state index contributed by atoms with van der Waals surface area (Å²) in [7, 11) is 2.28. The minimum Gasteiger partial charge on any atom is -0.394 e. The maximum absolute atomic E-state index is 9.61. The van der Waals surface area contributed by atoms with E-state index in [4.69, 9.17) is 0 Å². The first-order valence-corrected chi connectivity index (χ1v) is 9.10. The van der Waals surface area contributed by atoms with Crippen LogP contribution in [0.15, 0.2) is 0 Å². The van der Waals surface area contributed by atoms with Gasteiger partial charge in [-0.25, -0.2) is 0 Å². The fourth-order valence-electron chi connectivity index (χ4n) is 3.55. The standard InChI is InChI=1S/C18H38N2O/c1-5-13-19-18(3,15-21)12-7-14-20(4)17-10-8-16(6-2)9-11-17/h16-17,19,21H,5-15H2,1-4H3. The molecule has 1 atom stereocenters. The summed E-state index contributed by atoms with van der Waals surface area (Å²) in [6.07, 6.45) is 10.3. The fraction of sp³-hybridized carbons (Fsp3) is 1.00. The van der Waals surface area contributed by atoms with Gasteiger partial charge in [0.15, 0.2) is 0 Å². The zero-order chi connectivity index (χ0) is 15.7. The molecule has 1 rings (SSSR count). The molecule has 21 heavy (non-hydrogen) atoms. The van der Waals surface area contributed by atoms with Gasteiger partial charge < -0.3 is 15.3 Å². The predicted octanol–water partition coefficient (Wildman–Crippen LogP) is 3.42. The molecular formula is C18H38N2O. The zero-order valence-electron chi connectivity index (χ0n) is 14.8. The van der Waals surface area contributed by atoms with Gasteiger partial charge in [0.1, 0.15) is 0 Å². The van der Waals surface area contributed by atoms with Gasteiger partial charge in [0.2, 0.25) is 0 Å². The largest absolute Gasteiger partial charge is 0.394 e. The molecule has 126 valence electrons. The lowest BCUT2D eigenvalue weighted by molar-refractivity contribution is 0.138. The second-order valence-electron chi connectivity index (χ2n) is 7.31. The lowest BCUT2D eigenvalue weighted by atomic mass is 9.84. The average molecular weight is 299 g/mol. The van der Waals surface area contributed by atoms with Crippen LogP contribution >= 0.6 is 0 Å². The topological polar surface area (TPSA) is 35.5 Å². The van der Waals surface area contributed by atoms with E-state index in [0.29, 0.717) is 0 Å². The highest BCUT2D eigenvalue weighted by atomic mass is 16.3. The van der Waals surface area contributed by atoms with Crippen molar-refractivity contribution >= 4 is 0 Å². The van der Waals surface area contributed by atoms with E-state index in [1.54, 1.807) is 0 Å². The second kappa shape index (κ2) is 9.81. The summed E-state index contributed by atoms with van der Waals surface area (Å²) in [6, 6.07) is 0.789. The molecule has 0 aliphatic heterocycles. The van der Waals surface area contributed by atoms with E-state index in [1.165, 1.54) is 32.1 Å². The number of nitrogens with zero attached hydrogens (tertiary/aromatic N) is 1. The predicted molar refractivity (Wildman–Crippen MR) is 91.7 cm³/mol. The molecule has 0 saturated heterocycles. The van der Waals surface area contributed by atoms with E-state index >= 15 is 0 Å². The molecule has 1 saturated carbocycles. The number of aliphatic hydroxyl groups excluding tert-OH is 1. The number of hydrogen-bond acceptors (Lipinski definition) is 3. The molecule has 0 aromatic heterocycles. The van der Waals surface area contributed by atoms with Crippen LogP contribution in [0.4, 0.5) is 0 Å². The van der Waals surface area contributed by atoms with E-state index in [1.807, 2.05) is 0 Å². The van der Waals surface area contributed by atoms with Crippen LogP contribution in [0.1, 0.15) is 72.1 Å². The van der Waals surface area contributed by atoms with Crippen molar-refractivity contribution in [2.75, 3.05) is 26.7 Å². The maximum Gasteiger partial charge on any atom is 0.0610 e. The molecule has 1 aliphatic rings. The van der Waals surface area contributed by atoms with Gasteiger partial charge >= 0.3 is 0 Å². The summed E-state index contributed by atoms with van der Waals surface area (Å²) in [6.45, 7) is 9.03. The smallest absolute Gasteiger partial charge is 0.0610 e. The summed E-state index contributed by atoms with van der Waals surface area (Å²) < 4.78 is 0. The van der Waals surface area contributed by atoms with Gasteiger partial charge in [0, 0.05) is 11.6 Å². The van der Waals surface area contributed by atoms with Crippen molar-refractivity contribution in [1.82, 2.24) is 10.2 Å². The summed E-state index contributed by atoms with van der Waals surface area (Å²) >= 11 is 0. The Balaban J connectivity index is 2.24. The molecule has 0 heterocycles. The van der Waals surface area contributed by atoms with E-state index in [0.717, 1.165) is 44.3 Å². The third kappa shape index (κ3) is 6.66. The lowest BCUT2D eigenvalue weighted by Gasteiger charge is -2.35. The van der Waals surface area contributed by atoms with Crippen LogP contribution in [0, 0.1) is 5.92 Å². The third-order valence-electron chi connectivity index (χ3n) is 5.41. The van der Waals surface area contributed by atoms with Crippen molar-refractivity contribution in [2.24, 2.45) is 5.92 Å². The highest BCUT2D eigenvalue weighted by molar-refractivity contribution is 4.83. The highest BCUT2D eigenvalue weighted by Gasteiger charge is 2.25. The van der Waals surface area contributed by atoms with Gasteiger partial charge in [-0.2, -0.15) is 0 Å². The Morgan fingerprint density at radius 1 is 1.19 bits per heavy atom. The van der Waals surface area contributed by atoms with Crippen LogP contribution in [-0.4, -0.2) is 48.3 Å². The van der Waals surface area contributed by atoms with Gasteiger partial charge in [0.05, 0.1) is 6.61 Å². The van der Waals surface area contributed by atoms with Crippen molar-refractivity contribution < 1.29 is 5.11 Å². The van der Waals surface area contributed by atoms with E-state index in [9.17, 15) is 5.11 Å².